The zero-order chi connectivity index (χ0) is 22.9. The van der Waals surface area contributed by atoms with E-state index < -0.39 is 6.04 Å². The largest absolute Gasteiger partial charge is 0.406 e. The van der Waals surface area contributed by atoms with E-state index in [0.717, 1.165) is 10.5 Å². The van der Waals surface area contributed by atoms with E-state index in [2.05, 4.69) is 15.2 Å². The van der Waals surface area contributed by atoms with Crippen molar-refractivity contribution < 1.29 is 9.21 Å². The number of nitrogens with zero attached hydrogens (tertiary/aromatic N) is 5. The number of thioether (sulfide) groups is 1. The molecule has 0 saturated carbocycles. The van der Waals surface area contributed by atoms with Gasteiger partial charge in [-0.2, -0.15) is 5.26 Å². The lowest BCUT2D eigenvalue weighted by atomic mass is 10.1. The first kappa shape index (κ1) is 23.5. The van der Waals surface area contributed by atoms with Gasteiger partial charge in [0, 0.05) is 17.6 Å². The number of nitrogens with two attached hydrogens (primary N) is 2. The second-order valence-electron chi connectivity index (χ2n) is 6.83. The molecule has 2 aromatic heterocycles. The number of nitriles is 1. The molecule has 9 nitrogen and oxygen atoms in total. The molecule has 0 fully saturated rings. The van der Waals surface area contributed by atoms with Gasteiger partial charge in [-0.15, -0.1) is 16.9 Å². The molecule has 32 heavy (non-hydrogen) atoms. The van der Waals surface area contributed by atoms with Crippen LogP contribution >= 0.6 is 23.4 Å². The SMILES string of the molecule is N#Cc1ccc(CN(C(=O)CSc2ccccc2Cl)C(CCCN)c2nnc(N)o2)cn1. The van der Waals surface area contributed by atoms with Crippen molar-refractivity contribution in [2.24, 2.45) is 5.73 Å². The van der Waals surface area contributed by atoms with E-state index in [1.165, 1.54) is 11.8 Å². The van der Waals surface area contributed by atoms with Crippen molar-refractivity contribution in [2.75, 3.05) is 18.0 Å². The van der Waals surface area contributed by atoms with Gasteiger partial charge in [0.25, 0.3) is 0 Å². The van der Waals surface area contributed by atoms with Gasteiger partial charge in [-0.1, -0.05) is 34.9 Å². The highest BCUT2D eigenvalue weighted by Gasteiger charge is 2.29. The first-order valence-electron chi connectivity index (χ1n) is 9.82. The first-order chi connectivity index (χ1) is 15.5. The van der Waals surface area contributed by atoms with Gasteiger partial charge in [0.15, 0.2) is 0 Å². The fourth-order valence-corrected chi connectivity index (χ4v) is 4.17. The smallest absolute Gasteiger partial charge is 0.312 e. The van der Waals surface area contributed by atoms with Crippen LogP contribution in [0.25, 0.3) is 0 Å². The molecule has 3 rings (SSSR count). The molecular formula is C21H22ClN7O2S. The highest BCUT2D eigenvalue weighted by atomic mass is 35.5. The van der Waals surface area contributed by atoms with Gasteiger partial charge in [-0.05, 0) is 43.1 Å². The minimum absolute atomic E-state index is 0.0735. The second-order valence-corrected chi connectivity index (χ2v) is 8.25. The van der Waals surface area contributed by atoms with Crippen LogP contribution in [0.4, 0.5) is 6.01 Å². The Morgan fingerprint density at radius 3 is 2.72 bits per heavy atom. The van der Waals surface area contributed by atoms with Crippen molar-refractivity contribution in [3.05, 3.63) is 64.8 Å². The third kappa shape index (κ3) is 6.20. The highest BCUT2D eigenvalue weighted by molar-refractivity contribution is 8.00. The van der Waals surface area contributed by atoms with Crippen LogP contribution in [-0.2, 0) is 11.3 Å². The van der Waals surface area contributed by atoms with Crippen LogP contribution in [0.15, 0.2) is 51.9 Å². The number of pyridine rings is 1. The normalized spacial score (nSPS) is 11.7. The number of hydrogen-bond donors (Lipinski definition) is 2. The summed E-state index contributed by atoms with van der Waals surface area (Å²) in [5.74, 6) is 0.239. The topological polar surface area (TPSA) is 148 Å². The Bertz CT molecular complexity index is 1080. The number of anilines is 1. The number of rotatable bonds is 10. The third-order valence-electron chi connectivity index (χ3n) is 4.60. The third-order valence-corrected chi connectivity index (χ3v) is 6.10. The molecule has 0 saturated heterocycles. The average molecular weight is 472 g/mol. The first-order valence-corrected chi connectivity index (χ1v) is 11.2. The summed E-state index contributed by atoms with van der Waals surface area (Å²) in [4.78, 5) is 19.9. The minimum Gasteiger partial charge on any atom is -0.406 e. The molecule has 0 aliphatic heterocycles. The molecule has 1 unspecified atom stereocenters. The predicted octanol–water partition coefficient (Wildman–Crippen LogP) is 3.17. The fraction of sp³-hybridized carbons (Fsp3) is 0.286. The lowest BCUT2D eigenvalue weighted by Crippen LogP contribution is -2.36. The lowest BCUT2D eigenvalue weighted by Gasteiger charge is -2.30. The molecule has 3 aromatic rings. The maximum atomic E-state index is 13.4. The van der Waals surface area contributed by atoms with E-state index in [4.69, 9.17) is 32.7 Å². The zero-order valence-electron chi connectivity index (χ0n) is 17.1. The summed E-state index contributed by atoms with van der Waals surface area (Å²) in [5.41, 5.74) is 12.4. The number of amides is 1. The van der Waals surface area contributed by atoms with Gasteiger partial charge in [-0.25, -0.2) is 4.98 Å². The van der Waals surface area contributed by atoms with Crippen LogP contribution < -0.4 is 11.5 Å². The predicted molar refractivity (Wildman–Crippen MR) is 121 cm³/mol. The zero-order valence-corrected chi connectivity index (χ0v) is 18.7. The number of halogens is 1. The number of aromatic nitrogens is 3. The van der Waals surface area contributed by atoms with Crippen LogP contribution in [0, 0.1) is 11.3 Å². The molecule has 0 radical (unpaired) electrons. The number of carbonyl (C=O) groups is 1. The summed E-state index contributed by atoms with van der Waals surface area (Å²) in [6.07, 6.45) is 2.73. The summed E-state index contributed by atoms with van der Waals surface area (Å²) in [6.45, 7) is 0.674. The number of carbonyl (C=O) groups excluding carboxylic acids is 1. The van der Waals surface area contributed by atoms with Gasteiger partial charge >= 0.3 is 6.01 Å². The summed E-state index contributed by atoms with van der Waals surface area (Å²) < 4.78 is 5.46. The van der Waals surface area contributed by atoms with Crippen molar-refractivity contribution in [3.8, 4) is 6.07 Å². The standard InChI is InChI=1S/C21H22ClN7O2S/c22-16-4-1-2-6-18(16)32-13-19(30)29(12-14-7-8-15(10-24)26-11-14)17(5-3-9-23)20-27-28-21(25)31-20/h1-2,4,6-8,11,17H,3,5,9,12-13,23H2,(H2,25,28). The van der Waals surface area contributed by atoms with Crippen molar-refractivity contribution in [2.45, 2.75) is 30.3 Å². The fourth-order valence-electron chi connectivity index (χ4n) is 3.04. The molecule has 4 N–H and O–H groups in total. The molecule has 0 aliphatic carbocycles. The maximum absolute atomic E-state index is 13.4. The summed E-state index contributed by atoms with van der Waals surface area (Å²) in [6, 6.07) is 12.1. The van der Waals surface area contributed by atoms with Gasteiger partial charge in [0.1, 0.15) is 17.8 Å². The van der Waals surface area contributed by atoms with Gasteiger partial charge < -0.3 is 20.8 Å². The quantitative estimate of drug-likeness (QED) is 0.425. The number of benzene rings is 1. The molecule has 1 amide bonds. The second kappa shape index (κ2) is 11.5. The van der Waals surface area contributed by atoms with Crippen LogP contribution in [0.2, 0.25) is 5.02 Å². The molecule has 166 valence electrons. The molecule has 1 atom stereocenters. The van der Waals surface area contributed by atoms with Crippen molar-refractivity contribution in [3.63, 3.8) is 0 Å². The van der Waals surface area contributed by atoms with Gasteiger partial charge in [-0.3, -0.25) is 4.79 Å². The lowest BCUT2D eigenvalue weighted by molar-refractivity contribution is -0.132. The van der Waals surface area contributed by atoms with Gasteiger partial charge in [0.05, 0.1) is 10.8 Å². The van der Waals surface area contributed by atoms with E-state index in [0.29, 0.717) is 30.1 Å². The Kier molecular flexibility index (Phi) is 8.44. The van der Waals surface area contributed by atoms with E-state index >= 15 is 0 Å². The van der Waals surface area contributed by atoms with Crippen molar-refractivity contribution in [1.29, 1.82) is 5.26 Å². The average Bonchev–Trinajstić information content (AvgIpc) is 3.24. The molecule has 2 heterocycles. The Labute approximate surface area is 194 Å². The van der Waals surface area contributed by atoms with Crippen LogP contribution in [0.5, 0.6) is 0 Å². The Morgan fingerprint density at radius 2 is 2.09 bits per heavy atom. The van der Waals surface area contributed by atoms with E-state index in [1.54, 1.807) is 29.3 Å². The maximum Gasteiger partial charge on any atom is 0.312 e. The molecule has 11 heteroatoms. The summed E-state index contributed by atoms with van der Waals surface area (Å²) in [7, 11) is 0. The molecule has 0 bridgehead atoms. The van der Waals surface area contributed by atoms with E-state index in [9.17, 15) is 4.79 Å². The van der Waals surface area contributed by atoms with Crippen molar-refractivity contribution >= 4 is 35.3 Å². The highest BCUT2D eigenvalue weighted by Crippen LogP contribution is 2.31. The Balaban J connectivity index is 1.87. The Hall–Kier alpha value is -3.13. The van der Waals surface area contributed by atoms with Crippen LogP contribution in [-0.4, -0.2) is 38.3 Å². The molecule has 0 spiro atoms. The molecule has 0 aliphatic rings. The summed E-state index contributed by atoms with van der Waals surface area (Å²) in [5, 5.41) is 17.3. The number of hydrogen-bond acceptors (Lipinski definition) is 9. The van der Waals surface area contributed by atoms with Gasteiger partial charge in [0.2, 0.25) is 11.8 Å². The summed E-state index contributed by atoms with van der Waals surface area (Å²) >= 11 is 7.58. The Morgan fingerprint density at radius 1 is 1.28 bits per heavy atom. The van der Waals surface area contributed by atoms with Crippen LogP contribution in [0.3, 0.4) is 0 Å². The molecular weight excluding hydrogens is 450 g/mol. The van der Waals surface area contributed by atoms with E-state index in [-0.39, 0.29) is 30.1 Å². The van der Waals surface area contributed by atoms with Crippen LogP contribution in [0.1, 0.15) is 36.0 Å². The van der Waals surface area contributed by atoms with Crippen molar-refractivity contribution in [1.82, 2.24) is 20.1 Å². The number of nitrogen functional groups attached to an aromatic ring is 1. The molecule has 1 aromatic carbocycles. The monoisotopic (exact) mass is 471 g/mol. The minimum atomic E-state index is -0.515. The van der Waals surface area contributed by atoms with E-state index in [1.807, 2.05) is 24.3 Å².